The first-order valence-electron chi connectivity index (χ1n) is 5.53. The SMILES string of the molecule is COc1nn(Cc2ccc(Cl)cc2)c(C)c1[N+](=O)[O-]. The fourth-order valence-corrected chi connectivity index (χ4v) is 1.90. The first kappa shape index (κ1) is 13.4. The highest BCUT2D eigenvalue weighted by atomic mass is 35.5. The molecule has 100 valence electrons. The highest BCUT2D eigenvalue weighted by Crippen LogP contribution is 2.29. The van der Waals surface area contributed by atoms with Gasteiger partial charge in [0.25, 0.3) is 0 Å². The molecule has 0 aliphatic heterocycles. The van der Waals surface area contributed by atoms with E-state index in [1.54, 1.807) is 23.7 Å². The fraction of sp³-hybridized carbons (Fsp3) is 0.250. The van der Waals surface area contributed by atoms with Gasteiger partial charge in [0.15, 0.2) is 0 Å². The number of methoxy groups -OCH3 is 1. The van der Waals surface area contributed by atoms with Gasteiger partial charge in [-0.25, -0.2) is 0 Å². The van der Waals surface area contributed by atoms with E-state index in [1.807, 2.05) is 12.1 Å². The van der Waals surface area contributed by atoms with Crippen LogP contribution in [-0.4, -0.2) is 21.8 Å². The molecule has 1 aromatic carbocycles. The van der Waals surface area contributed by atoms with Crippen LogP contribution in [0, 0.1) is 17.0 Å². The van der Waals surface area contributed by atoms with Crippen molar-refractivity contribution >= 4 is 17.3 Å². The molecule has 0 spiro atoms. The Morgan fingerprint density at radius 2 is 2.05 bits per heavy atom. The number of hydrogen-bond acceptors (Lipinski definition) is 4. The summed E-state index contributed by atoms with van der Waals surface area (Å²) in [5.74, 6) is 0.0245. The fourth-order valence-electron chi connectivity index (χ4n) is 1.77. The summed E-state index contributed by atoms with van der Waals surface area (Å²) in [6.45, 7) is 2.07. The van der Waals surface area contributed by atoms with Gasteiger partial charge < -0.3 is 4.74 Å². The average Bonchev–Trinajstić information content (AvgIpc) is 2.69. The Balaban J connectivity index is 2.35. The van der Waals surface area contributed by atoms with Crippen molar-refractivity contribution in [3.63, 3.8) is 0 Å². The molecule has 7 heteroatoms. The predicted molar refractivity (Wildman–Crippen MR) is 70.7 cm³/mol. The van der Waals surface area contributed by atoms with E-state index in [0.717, 1.165) is 5.56 Å². The molecule has 1 heterocycles. The number of ether oxygens (including phenoxy) is 1. The van der Waals surface area contributed by atoms with Crippen molar-refractivity contribution in [3.8, 4) is 5.88 Å². The van der Waals surface area contributed by atoms with E-state index in [0.29, 0.717) is 17.3 Å². The summed E-state index contributed by atoms with van der Waals surface area (Å²) in [5.41, 5.74) is 1.31. The summed E-state index contributed by atoms with van der Waals surface area (Å²) in [7, 11) is 1.36. The highest BCUT2D eigenvalue weighted by Gasteiger charge is 2.25. The maximum Gasteiger partial charge on any atom is 0.352 e. The first-order valence-corrected chi connectivity index (χ1v) is 5.91. The molecular weight excluding hydrogens is 270 g/mol. The summed E-state index contributed by atoms with van der Waals surface area (Å²) >= 11 is 5.81. The van der Waals surface area contributed by atoms with Crippen molar-refractivity contribution in [1.29, 1.82) is 0 Å². The van der Waals surface area contributed by atoms with E-state index in [4.69, 9.17) is 16.3 Å². The van der Waals surface area contributed by atoms with E-state index in [1.165, 1.54) is 7.11 Å². The van der Waals surface area contributed by atoms with Crippen LogP contribution in [0.3, 0.4) is 0 Å². The molecule has 0 saturated heterocycles. The molecule has 0 saturated carbocycles. The van der Waals surface area contributed by atoms with Crippen molar-refractivity contribution < 1.29 is 9.66 Å². The molecule has 0 bridgehead atoms. The van der Waals surface area contributed by atoms with Crippen LogP contribution in [0.2, 0.25) is 5.02 Å². The van der Waals surface area contributed by atoms with Crippen molar-refractivity contribution in [3.05, 3.63) is 50.7 Å². The van der Waals surface area contributed by atoms with Crippen LogP contribution in [0.1, 0.15) is 11.3 Å². The minimum absolute atomic E-state index is 0.0245. The third-order valence-corrected chi connectivity index (χ3v) is 3.02. The van der Waals surface area contributed by atoms with Crippen LogP contribution in [0.4, 0.5) is 5.69 Å². The summed E-state index contributed by atoms with van der Waals surface area (Å²) in [6, 6.07) is 7.23. The topological polar surface area (TPSA) is 70.2 Å². The predicted octanol–water partition coefficient (Wildman–Crippen LogP) is 2.81. The molecule has 0 radical (unpaired) electrons. The smallest absolute Gasteiger partial charge is 0.352 e. The molecule has 2 rings (SSSR count). The lowest BCUT2D eigenvalue weighted by molar-refractivity contribution is -0.386. The molecule has 2 aromatic rings. The lowest BCUT2D eigenvalue weighted by Gasteiger charge is -2.03. The molecule has 0 unspecified atom stereocenters. The van der Waals surface area contributed by atoms with Gasteiger partial charge in [0.1, 0.15) is 5.69 Å². The highest BCUT2D eigenvalue weighted by molar-refractivity contribution is 6.30. The number of rotatable bonds is 4. The molecule has 1 aromatic heterocycles. The van der Waals surface area contributed by atoms with Crippen LogP contribution >= 0.6 is 11.6 Å². The van der Waals surface area contributed by atoms with Gasteiger partial charge in [0.05, 0.1) is 18.6 Å². The van der Waals surface area contributed by atoms with E-state index in [9.17, 15) is 10.1 Å². The number of nitro groups is 1. The number of benzene rings is 1. The lowest BCUT2D eigenvalue weighted by Crippen LogP contribution is -2.04. The molecule has 6 nitrogen and oxygen atoms in total. The van der Waals surface area contributed by atoms with E-state index in [-0.39, 0.29) is 11.6 Å². The number of hydrogen-bond donors (Lipinski definition) is 0. The van der Waals surface area contributed by atoms with Gasteiger partial charge in [-0.3, -0.25) is 14.8 Å². The third-order valence-electron chi connectivity index (χ3n) is 2.77. The first-order chi connectivity index (χ1) is 9.02. The average molecular weight is 282 g/mol. The Morgan fingerprint density at radius 1 is 1.42 bits per heavy atom. The van der Waals surface area contributed by atoms with Gasteiger partial charge in [-0.2, -0.15) is 0 Å². The molecule has 0 N–H and O–H groups in total. The van der Waals surface area contributed by atoms with Crippen LogP contribution in [0.15, 0.2) is 24.3 Å². The van der Waals surface area contributed by atoms with Crippen molar-refractivity contribution in [2.24, 2.45) is 0 Å². The number of aromatic nitrogens is 2. The number of halogens is 1. The second-order valence-corrected chi connectivity index (χ2v) is 4.42. The minimum atomic E-state index is -0.487. The van der Waals surface area contributed by atoms with Gasteiger partial charge in [-0.05, 0) is 24.6 Å². The maximum atomic E-state index is 11.0. The minimum Gasteiger partial charge on any atom is -0.475 e. The van der Waals surface area contributed by atoms with E-state index < -0.39 is 4.92 Å². The van der Waals surface area contributed by atoms with Crippen LogP contribution in [0.25, 0.3) is 0 Å². The van der Waals surface area contributed by atoms with E-state index in [2.05, 4.69) is 5.10 Å². The standard InChI is InChI=1S/C12H12ClN3O3/c1-8-11(16(17)18)12(19-2)14-15(8)7-9-3-5-10(13)6-4-9/h3-6H,7H2,1-2H3. The van der Waals surface area contributed by atoms with Crippen molar-refractivity contribution in [2.45, 2.75) is 13.5 Å². The third kappa shape index (κ3) is 2.68. The molecule has 0 amide bonds. The van der Waals surface area contributed by atoms with Crippen molar-refractivity contribution in [1.82, 2.24) is 9.78 Å². The maximum absolute atomic E-state index is 11.0. The molecule has 19 heavy (non-hydrogen) atoms. The van der Waals surface area contributed by atoms with Gasteiger partial charge in [0.2, 0.25) is 0 Å². The molecule has 0 aliphatic rings. The zero-order chi connectivity index (χ0) is 14.0. The Bertz CT molecular complexity index is 607. The zero-order valence-corrected chi connectivity index (χ0v) is 11.2. The number of nitrogens with zero attached hydrogens (tertiary/aromatic N) is 3. The summed E-state index contributed by atoms with van der Waals surface area (Å²) in [5, 5.41) is 15.7. The van der Waals surface area contributed by atoms with Gasteiger partial charge in [-0.15, -0.1) is 5.10 Å². The van der Waals surface area contributed by atoms with E-state index >= 15 is 0 Å². The Hall–Kier alpha value is -2.08. The zero-order valence-electron chi connectivity index (χ0n) is 10.5. The largest absolute Gasteiger partial charge is 0.475 e. The van der Waals surface area contributed by atoms with Gasteiger partial charge in [-0.1, -0.05) is 23.7 Å². The lowest BCUT2D eigenvalue weighted by atomic mass is 10.2. The monoisotopic (exact) mass is 281 g/mol. The Labute approximate surface area is 114 Å². The van der Waals surface area contributed by atoms with Crippen molar-refractivity contribution in [2.75, 3.05) is 7.11 Å². The van der Waals surface area contributed by atoms with Crippen LogP contribution < -0.4 is 4.74 Å². The summed E-state index contributed by atoms with van der Waals surface area (Å²) < 4.78 is 6.47. The van der Waals surface area contributed by atoms with Crippen LogP contribution in [-0.2, 0) is 6.54 Å². The summed E-state index contributed by atoms with van der Waals surface area (Å²) in [4.78, 5) is 10.5. The van der Waals surface area contributed by atoms with Crippen LogP contribution in [0.5, 0.6) is 5.88 Å². The molecule has 0 aliphatic carbocycles. The molecular formula is C12H12ClN3O3. The summed E-state index contributed by atoms with van der Waals surface area (Å²) in [6.07, 6.45) is 0. The normalized spacial score (nSPS) is 10.5. The second kappa shape index (κ2) is 5.27. The molecule has 0 atom stereocenters. The van der Waals surface area contributed by atoms with Gasteiger partial charge >= 0.3 is 11.6 Å². The Kier molecular flexibility index (Phi) is 3.71. The Morgan fingerprint density at radius 3 is 2.53 bits per heavy atom. The quantitative estimate of drug-likeness (QED) is 0.638. The second-order valence-electron chi connectivity index (χ2n) is 3.98. The van der Waals surface area contributed by atoms with Gasteiger partial charge in [0, 0.05) is 5.02 Å². The molecule has 0 fully saturated rings.